The van der Waals surface area contributed by atoms with Gasteiger partial charge in [0.05, 0.1) is 21.7 Å². The van der Waals surface area contributed by atoms with Crippen molar-refractivity contribution in [2.75, 3.05) is 6.61 Å². The molecule has 306 valence electrons. The lowest BCUT2D eigenvalue weighted by Crippen LogP contribution is -2.56. The summed E-state index contributed by atoms with van der Waals surface area (Å²) in [4.78, 5) is 42.4. The minimum absolute atomic E-state index is 0.0261. The van der Waals surface area contributed by atoms with E-state index in [9.17, 15) is 19.5 Å². The number of rotatable bonds is 11. The Morgan fingerprint density at radius 3 is 2.18 bits per heavy atom. The van der Waals surface area contributed by atoms with Gasteiger partial charge in [0.15, 0.2) is 17.6 Å². The van der Waals surface area contributed by atoms with Crippen LogP contribution in [0.15, 0.2) is 127 Å². The number of aliphatic carboxylic acids is 1. The van der Waals surface area contributed by atoms with Crippen LogP contribution in [0, 0.1) is 18.3 Å². The molecule has 12 heteroatoms. The van der Waals surface area contributed by atoms with E-state index in [4.69, 9.17) is 42.7 Å². The zero-order chi connectivity index (χ0) is 42.6. The summed E-state index contributed by atoms with van der Waals surface area (Å²) in [7, 11) is 0. The first-order chi connectivity index (χ1) is 29.5. The minimum Gasteiger partial charge on any atom is -0.489 e. The molecule has 0 fully saturated rings. The highest BCUT2D eigenvalue weighted by molar-refractivity contribution is 6.42. The number of aryl methyl sites for hydroxylation is 1. The van der Waals surface area contributed by atoms with E-state index in [0.29, 0.717) is 50.6 Å². The molecule has 2 heterocycles. The zero-order valence-corrected chi connectivity index (χ0v) is 34.5. The second kappa shape index (κ2) is 17.8. The van der Waals surface area contributed by atoms with Gasteiger partial charge in [-0.05, 0) is 107 Å². The predicted molar refractivity (Wildman–Crippen MR) is 231 cm³/mol. The Balaban J connectivity index is 0.983. The molecule has 2 amide bonds. The molecule has 0 radical (unpaired) electrons. The molecular weight excluding hydrogens is 813 g/mol. The van der Waals surface area contributed by atoms with E-state index in [1.165, 1.54) is 4.90 Å². The highest BCUT2D eigenvalue weighted by Crippen LogP contribution is 2.41. The van der Waals surface area contributed by atoms with E-state index in [1.54, 1.807) is 36.4 Å². The molecule has 6 aromatic carbocycles. The molecule has 0 aromatic heterocycles. The Labute approximate surface area is 362 Å². The van der Waals surface area contributed by atoms with E-state index in [0.717, 1.165) is 38.9 Å². The number of benzene rings is 6. The maximum absolute atomic E-state index is 14.2. The van der Waals surface area contributed by atoms with Gasteiger partial charge in [-0.1, -0.05) is 95.5 Å². The van der Waals surface area contributed by atoms with Crippen LogP contribution in [0.5, 0.6) is 17.2 Å². The molecule has 2 N–H and O–H groups in total. The lowest BCUT2D eigenvalue weighted by atomic mass is 9.91. The van der Waals surface area contributed by atoms with Crippen LogP contribution in [0.4, 0.5) is 0 Å². The van der Waals surface area contributed by atoms with Crippen LogP contribution < -0.4 is 19.5 Å². The first-order valence-corrected chi connectivity index (χ1v) is 20.4. The number of ether oxygens (including phenoxy) is 3. The fourth-order valence-electron chi connectivity index (χ4n) is 7.47. The summed E-state index contributed by atoms with van der Waals surface area (Å²) in [5, 5.41) is 23.1. The Hall–Kier alpha value is -6.80. The molecule has 0 saturated heterocycles. The minimum atomic E-state index is -1.26. The largest absolute Gasteiger partial charge is 0.489 e. The van der Waals surface area contributed by atoms with Gasteiger partial charge in [0, 0.05) is 24.9 Å². The second-order valence-corrected chi connectivity index (χ2v) is 15.9. The number of amides is 2. The predicted octanol–water partition coefficient (Wildman–Crippen LogP) is 9.31. The van der Waals surface area contributed by atoms with Gasteiger partial charge in [0.25, 0.3) is 5.91 Å². The van der Waals surface area contributed by atoms with E-state index in [2.05, 4.69) is 11.4 Å². The van der Waals surface area contributed by atoms with Crippen molar-refractivity contribution in [3.8, 4) is 34.4 Å². The van der Waals surface area contributed by atoms with E-state index >= 15 is 0 Å². The molecule has 1 unspecified atom stereocenters. The number of nitrogens with one attached hydrogen (secondary N) is 1. The third kappa shape index (κ3) is 9.34. The monoisotopic (exact) mass is 851 g/mol. The summed E-state index contributed by atoms with van der Waals surface area (Å²) < 4.78 is 18.6. The van der Waals surface area contributed by atoms with Crippen LogP contribution >= 0.6 is 23.2 Å². The second-order valence-electron chi connectivity index (χ2n) is 15.1. The van der Waals surface area contributed by atoms with Gasteiger partial charge in [0.1, 0.15) is 31.0 Å². The van der Waals surface area contributed by atoms with E-state index < -0.39 is 30.1 Å². The molecule has 61 heavy (non-hydrogen) atoms. The van der Waals surface area contributed by atoms with Gasteiger partial charge in [-0.2, -0.15) is 5.26 Å². The highest BCUT2D eigenvalue weighted by atomic mass is 35.5. The fraction of sp³-hybridized carbons (Fsp3) is 0.184. The maximum Gasteiger partial charge on any atom is 0.326 e. The summed E-state index contributed by atoms with van der Waals surface area (Å²) in [6.07, 6.45) is -0.255. The maximum atomic E-state index is 14.2. The van der Waals surface area contributed by atoms with Crippen molar-refractivity contribution in [1.29, 1.82) is 5.26 Å². The van der Waals surface area contributed by atoms with Crippen LogP contribution in [0.1, 0.15) is 55.4 Å². The molecule has 2 aliphatic rings. The molecule has 0 spiro atoms. The molecule has 10 nitrogen and oxygen atoms in total. The van der Waals surface area contributed by atoms with Crippen LogP contribution in [0.2, 0.25) is 10.0 Å². The lowest BCUT2D eigenvalue weighted by Gasteiger charge is -2.37. The number of fused-ring (bicyclic) bond motifs is 2. The van der Waals surface area contributed by atoms with Crippen molar-refractivity contribution in [3.05, 3.63) is 182 Å². The van der Waals surface area contributed by atoms with Crippen molar-refractivity contribution < 1.29 is 33.7 Å². The average Bonchev–Trinajstić information content (AvgIpc) is 3.28. The highest BCUT2D eigenvalue weighted by Gasteiger charge is 2.38. The lowest BCUT2D eigenvalue weighted by molar-refractivity contribution is -0.142. The number of carboxylic acid groups (broad SMARTS) is 1. The first-order valence-electron chi connectivity index (χ1n) is 19.6. The number of carbonyl (C=O) groups is 3. The Morgan fingerprint density at radius 2 is 1.51 bits per heavy atom. The summed E-state index contributed by atoms with van der Waals surface area (Å²) in [6.45, 7) is 2.57. The first kappa shape index (κ1) is 41.0. The van der Waals surface area contributed by atoms with Gasteiger partial charge in [-0.25, -0.2) is 4.79 Å². The number of hydrogen-bond donors (Lipinski definition) is 2. The molecule has 3 atom stereocenters. The van der Waals surface area contributed by atoms with Gasteiger partial charge >= 0.3 is 5.97 Å². The van der Waals surface area contributed by atoms with Crippen molar-refractivity contribution in [1.82, 2.24) is 10.2 Å². The molecule has 0 aliphatic carbocycles. The molecule has 0 saturated carbocycles. The van der Waals surface area contributed by atoms with Crippen molar-refractivity contribution in [2.45, 2.75) is 51.1 Å². The Morgan fingerprint density at radius 1 is 0.836 bits per heavy atom. The van der Waals surface area contributed by atoms with Crippen molar-refractivity contribution in [3.63, 3.8) is 0 Å². The number of nitrogens with zero attached hydrogens (tertiary/aromatic N) is 2. The summed E-state index contributed by atoms with van der Waals surface area (Å²) in [5.74, 6) is -0.435. The van der Waals surface area contributed by atoms with E-state index in [1.807, 2.05) is 97.9 Å². The topological polar surface area (TPSA) is 138 Å². The zero-order valence-electron chi connectivity index (χ0n) is 32.9. The number of carboxylic acids is 1. The van der Waals surface area contributed by atoms with Crippen molar-refractivity contribution >= 4 is 41.0 Å². The number of halogens is 2. The van der Waals surface area contributed by atoms with Gasteiger partial charge in [-0.3, -0.25) is 9.59 Å². The quantitative estimate of drug-likeness (QED) is 0.132. The van der Waals surface area contributed by atoms with Gasteiger partial charge in [-0.15, -0.1) is 0 Å². The fourth-order valence-corrected chi connectivity index (χ4v) is 7.79. The van der Waals surface area contributed by atoms with Crippen LogP contribution in [0.25, 0.3) is 11.1 Å². The van der Waals surface area contributed by atoms with Crippen LogP contribution in [-0.2, 0) is 35.6 Å². The Kier molecular flexibility index (Phi) is 12.0. The van der Waals surface area contributed by atoms with Gasteiger partial charge < -0.3 is 29.5 Å². The number of hydrogen-bond acceptors (Lipinski definition) is 7. The van der Waals surface area contributed by atoms with E-state index in [-0.39, 0.29) is 31.9 Å². The third-order valence-corrected chi connectivity index (χ3v) is 11.7. The summed E-state index contributed by atoms with van der Waals surface area (Å²) in [6, 6.07) is 38.2. The van der Waals surface area contributed by atoms with Gasteiger partial charge in [0.2, 0.25) is 5.91 Å². The Bertz CT molecular complexity index is 2650. The summed E-state index contributed by atoms with van der Waals surface area (Å²) >= 11 is 12.2. The third-order valence-electron chi connectivity index (χ3n) is 10.9. The molecular formula is C49H39Cl2N3O7. The number of carbonyl (C=O) groups excluding carboxylic acids is 2. The van der Waals surface area contributed by atoms with Crippen LogP contribution in [-0.4, -0.2) is 46.5 Å². The standard InChI is InChI=1S/C49H39Cl2N3O7/c1-29-2-9-36(10-3-29)48(56)54-26-38-24-45-44(60-28-46(61-45)35-15-17-39(18-16-35)59-27-32-8-19-40(50)41(51)20-32)23-37(38)22-43(54)47(55)53-42(49(57)58)21-30-4-11-33(12-5-30)34-13-6-31(25-52)7-14-34/h2-20,23-24,42-43,46H,21-22,26-28H2,1H3,(H,53,55)(H,57,58)/t42-,43?,46+/m0/s1. The number of nitriles is 1. The SMILES string of the molecule is Cc1ccc(C(=O)N2Cc3cc4c(cc3CC2C(=O)N[C@@H](Cc2ccc(-c3ccc(C#N)cc3)cc2)C(=O)O)OC[C@H](c2ccc(OCc3ccc(Cl)c(Cl)c3)cc2)O4)cc1. The molecule has 6 aromatic rings. The molecule has 0 bridgehead atoms. The normalized spacial score (nSPS) is 15.8. The van der Waals surface area contributed by atoms with Crippen molar-refractivity contribution in [2.24, 2.45) is 0 Å². The average molecular weight is 853 g/mol. The van der Waals surface area contributed by atoms with Crippen LogP contribution in [0.3, 0.4) is 0 Å². The smallest absolute Gasteiger partial charge is 0.326 e. The molecule has 8 rings (SSSR count). The summed E-state index contributed by atoms with van der Waals surface area (Å²) in [5.41, 5.74) is 7.82. The molecule has 2 aliphatic heterocycles.